The Morgan fingerprint density at radius 1 is 0.277 bits per heavy atom. The summed E-state index contributed by atoms with van der Waals surface area (Å²) in [6, 6.07) is 67.0. The predicted molar refractivity (Wildman–Crippen MR) is 204 cm³/mol. The second kappa shape index (κ2) is 11.5. The van der Waals surface area contributed by atoms with E-state index in [1.165, 1.54) is 86.8 Å². The van der Waals surface area contributed by atoms with Crippen LogP contribution in [0.4, 0.5) is 0 Å². The van der Waals surface area contributed by atoms with Crippen molar-refractivity contribution in [1.82, 2.24) is 0 Å². The highest BCUT2D eigenvalue weighted by molar-refractivity contribution is 6.67. The molecule has 0 aliphatic heterocycles. The van der Waals surface area contributed by atoms with E-state index in [1.807, 2.05) is 0 Å². The van der Waals surface area contributed by atoms with Crippen molar-refractivity contribution in [3.05, 3.63) is 182 Å². The van der Waals surface area contributed by atoms with Gasteiger partial charge in [0.1, 0.15) is 9.52 Å². The molecule has 0 atom stereocenters. The third-order valence-corrected chi connectivity index (χ3v) is 10.6. The molecule has 0 amide bonds. The first-order valence-corrected chi connectivity index (χ1v) is 17.2. The zero-order chi connectivity index (χ0) is 31.2. The fourth-order valence-electron chi connectivity index (χ4n) is 7.31. The second-order valence-corrected chi connectivity index (χ2v) is 13.6. The standard InChI is InChI=1S/C46H30Si/c1-2-19-35(20-3-1)47-36-27-28-43-44(30-36)46(40-26-12-16-32-14-5-7-22-38(32)40)42-24-9-8-23-41(42)45(43)34-18-10-17-33(29-34)39-25-11-15-31-13-4-6-21-37(31)39/h1-30H. The van der Waals surface area contributed by atoms with Crippen molar-refractivity contribution in [1.29, 1.82) is 0 Å². The van der Waals surface area contributed by atoms with Gasteiger partial charge in [0.15, 0.2) is 0 Å². The molecule has 0 nitrogen and oxygen atoms in total. The lowest BCUT2D eigenvalue weighted by Crippen LogP contribution is -2.26. The van der Waals surface area contributed by atoms with E-state index in [4.69, 9.17) is 0 Å². The van der Waals surface area contributed by atoms with Crippen molar-refractivity contribution in [3.63, 3.8) is 0 Å². The van der Waals surface area contributed by atoms with Gasteiger partial charge in [-0.1, -0.05) is 186 Å². The summed E-state index contributed by atoms with van der Waals surface area (Å²) in [6.45, 7) is 0. The van der Waals surface area contributed by atoms with E-state index in [0.717, 1.165) is 0 Å². The minimum Gasteiger partial charge on any atom is -0.0631 e. The Balaban J connectivity index is 1.35. The molecule has 0 saturated carbocycles. The highest BCUT2D eigenvalue weighted by Gasteiger charge is 2.19. The van der Waals surface area contributed by atoms with Gasteiger partial charge in [0.05, 0.1) is 0 Å². The molecule has 9 rings (SSSR count). The maximum absolute atomic E-state index is 2.46. The largest absolute Gasteiger partial charge is 0.121 e. The van der Waals surface area contributed by atoms with Gasteiger partial charge in [-0.15, -0.1) is 0 Å². The van der Waals surface area contributed by atoms with Crippen LogP contribution in [0.25, 0.3) is 76.5 Å². The van der Waals surface area contributed by atoms with E-state index < -0.39 is 0 Å². The minimum atomic E-state index is 0.585. The monoisotopic (exact) mass is 610 g/mol. The molecule has 0 aliphatic rings. The van der Waals surface area contributed by atoms with Crippen LogP contribution in [-0.2, 0) is 0 Å². The van der Waals surface area contributed by atoms with Gasteiger partial charge in [-0.2, -0.15) is 0 Å². The molecular formula is C46H30Si. The molecule has 0 aliphatic carbocycles. The molecule has 0 heterocycles. The van der Waals surface area contributed by atoms with Gasteiger partial charge >= 0.3 is 0 Å². The van der Waals surface area contributed by atoms with E-state index in [2.05, 4.69) is 182 Å². The molecule has 0 saturated heterocycles. The van der Waals surface area contributed by atoms with Crippen molar-refractivity contribution in [2.45, 2.75) is 0 Å². The van der Waals surface area contributed by atoms with Crippen LogP contribution in [0, 0.1) is 0 Å². The van der Waals surface area contributed by atoms with Gasteiger partial charge in [0.2, 0.25) is 0 Å². The molecular weight excluding hydrogens is 581 g/mol. The summed E-state index contributed by atoms with van der Waals surface area (Å²) in [4.78, 5) is 0. The molecule has 0 aromatic heterocycles. The van der Waals surface area contributed by atoms with Crippen molar-refractivity contribution in [3.8, 4) is 33.4 Å². The molecule has 0 fully saturated rings. The smallest absolute Gasteiger partial charge is 0.0631 e. The lowest BCUT2D eigenvalue weighted by Gasteiger charge is -2.20. The molecule has 1 heteroatoms. The van der Waals surface area contributed by atoms with E-state index in [0.29, 0.717) is 9.52 Å². The molecule has 0 bridgehead atoms. The molecule has 47 heavy (non-hydrogen) atoms. The Kier molecular flexibility index (Phi) is 6.77. The zero-order valence-corrected chi connectivity index (χ0v) is 26.8. The lowest BCUT2D eigenvalue weighted by molar-refractivity contribution is 1.63. The van der Waals surface area contributed by atoms with Gasteiger partial charge in [0.25, 0.3) is 0 Å². The normalized spacial score (nSPS) is 11.5. The van der Waals surface area contributed by atoms with E-state index in [-0.39, 0.29) is 0 Å². The maximum Gasteiger partial charge on any atom is 0.121 e. The Morgan fingerprint density at radius 2 is 0.809 bits per heavy atom. The number of hydrogen-bond donors (Lipinski definition) is 0. The average Bonchev–Trinajstić information content (AvgIpc) is 3.14. The molecule has 2 radical (unpaired) electrons. The van der Waals surface area contributed by atoms with Crippen molar-refractivity contribution in [2.24, 2.45) is 0 Å². The number of fused-ring (bicyclic) bond motifs is 4. The van der Waals surface area contributed by atoms with E-state index in [1.54, 1.807) is 0 Å². The van der Waals surface area contributed by atoms with Crippen LogP contribution < -0.4 is 10.4 Å². The van der Waals surface area contributed by atoms with Crippen LogP contribution in [0.1, 0.15) is 0 Å². The van der Waals surface area contributed by atoms with Crippen molar-refractivity contribution >= 4 is 63.0 Å². The van der Waals surface area contributed by atoms with Gasteiger partial charge < -0.3 is 0 Å². The minimum absolute atomic E-state index is 0.585. The summed E-state index contributed by atoms with van der Waals surface area (Å²) >= 11 is 0. The van der Waals surface area contributed by atoms with Crippen LogP contribution in [0.5, 0.6) is 0 Å². The molecule has 0 spiro atoms. The molecule has 9 aromatic rings. The van der Waals surface area contributed by atoms with E-state index in [9.17, 15) is 0 Å². The summed E-state index contributed by atoms with van der Waals surface area (Å²) in [5.41, 5.74) is 7.60. The molecule has 218 valence electrons. The summed E-state index contributed by atoms with van der Waals surface area (Å²) in [7, 11) is 0.585. The third-order valence-electron chi connectivity index (χ3n) is 9.40. The van der Waals surface area contributed by atoms with Crippen LogP contribution >= 0.6 is 0 Å². The van der Waals surface area contributed by atoms with Gasteiger partial charge in [-0.25, -0.2) is 0 Å². The summed E-state index contributed by atoms with van der Waals surface area (Å²) in [5, 5.41) is 12.9. The third kappa shape index (κ3) is 4.84. The first-order valence-electron chi connectivity index (χ1n) is 16.2. The first-order chi connectivity index (χ1) is 23.3. The number of hydrogen-bond acceptors (Lipinski definition) is 0. The highest BCUT2D eigenvalue weighted by atomic mass is 28.2. The Morgan fingerprint density at radius 3 is 1.55 bits per heavy atom. The number of rotatable bonds is 5. The maximum atomic E-state index is 2.46. The van der Waals surface area contributed by atoms with Crippen molar-refractivity contribution in [2.75, 3.05) is 0 Å². The predicted octanol–water partition coefficient (Wildman–Crippen LogP) is 11.0. The summed E-state index contributed by atoms with van der Waals surface area (Å²) in [6.07, 6.45) is 0. The highest BCUT2D eigenvalue weighted by Crippen LogP contribution is 2.45. The summed E-state index contributed by atoms with van der Waals surface area (Å²) in [5.74, 6) is 0. The summed E-state index contributed by atoms with van der Waals surface area (Å²) < 4.78 is 0. The Bertz CT molecular complexity index is 2590. The fraction of sp³-hybridized carbons (Fsp3) is 0. The van der Waals surface area contributed by atoms with Gasteiger partial charge in [-0.05, 0) is 82.5 Å². The second-order valence-electron chi connectivity index (χ2n) is 12.2. The Labute approximate surface area is 277 Å². The van der Waals surface area contributed by atoms with Crippen LogP contribution in [0.15, 0.2) is 182 Å². The zero-order valence-electron chi connectivity index (χ0n) is 25.8. The molecule has 0 unspecified atom stereocenters. The number of benzene rings is 9. The topological polar surface area (TPSA) is 0 Å². The van der Waals surface area contributed by atoms with Crippen LogP contribution in [0.2, 0.25) is 0 Å². The van der Waals surface area contributed by atoms with Crippen LogP contribution in [0.3, 0.4) is 0 Å². The van der Waals surface area contributed by atoms with Crippen LogP contribution in [-0.4, -0.2) is 9.52 Å². The average molecular weight is 611 g/mol. The molecule has 9 aromatic carbocycles. The quantitative estimate of drug-likeness (QED) is 0.134. The van der Waals surface area contributed by atoms with E-state index >= 15 is 0 Å². The fourth-order valence-corrected chi connectivity index (χ4v) is 8.38. The molecule has 0 N–H and O–H groups in total. The van der Waals surface area contributed by atoms with Gasteiger partial charge in [-0.3, -0.25) is 0 Å². The Hall–Kier alpha value is -5.76. The lowest BCUT2D eigenvalue weighted by atomic mass is 9.84. The first kappa shape index (κ1) is 27.5. The van der Waals surface area contributed by atoms with Crippen molar-refractivity contribution < 1.29 is 0 Å². The van der Waals surface area contributed by atoms with Gasteiger partial charge in [0, 0.05) is 0 Å². The SMILES string of the molecule is c1ccc([Si]c2ccc3c(-c4cccc(-c5cccc6ccccc56)c4)c4ccccc4c(-c4cccc5ccccc45)c3c2)cc1.